The van der Waals surface area contributed by atoms with Crippen molar-refractivity contribution in [1.82, 2.24) is 4.98 Å². The van der Waals surface area contributed by atoms with Crippen molar-refractivity contribution in [2.45, 2.75) is 19.3 Å². The molecule has 0 saturated carbocycles. The van der Waals surface area contributed by atoms with Gasteiger partial charge in [-0.25, -0.2) is 0 Å². The molecule has 0 aromatic carbocycles. The van der Waals surface area contributed by atoms with E-state index >= 15 is 0 Å². The number of rotatable bonds is 5. The van der Waals surface area contributed by atoms with E-state index in [2.05, 4.69) is 9.72 Å². The first-order valence-electron chi connectivity index (χ1n) is 5.60. The molecule has 0 fully saturated rings. The van der Waals surface area contributed by atoms with Crippen LogP contribution in [-0.4, -0.2) is 31.0 Å². The Bertz CT molecular complexity index is 460. The third-order valence-corrected chi connectivity index (χ3v) is 2.51. The first-order valence-corrected chi connectivity index (χ1v) is 5.60. The highest BCUT2D eigenvalue weighted by atomic mass is 19.1. The summed E-state index contributed by atoms with van der Waals surface area (Å²) in [6, 6.07) is 1.92. The molecule has 1 heterocycles. The molecule has 0 aliphatic heterocycles. The Morgan fingerprint density at radius 2 is 1.84 bits per heavy atom. The van der Waals surface area contributed by atoms with E-state index in [-0.39, 0.29) is 24.4 Å². The molecule has 7 heteroatoms. The smallest absolute Gasteiger partial charge is 0.305 e. The average Bonchev–Trinajstić information content (AvgIpc) is 2.36. The van der Waals surface area contributed by atoms with Crippen LogP contribution in [0.5, 0.6) is 0 Å². The Kier molecular flexibility index (Phi) is 5.35. The van der Waals surface area contributed by atoms with Crippen molar-refractivity contribution in [3.8, 4) is 0 Å². The van der Waals surface area contributed by atoms with Gasteiger partial charge in [0, 0.05) is 32.0 Å². The number of pyridine rings is 1. The van der Waals surface area contributed by atoms with Crippen LogP contribution >= 0.6 is 0 Å². The fourth-order valence-corrected chi connectivity index (χ4v) is 1.44. The molecule has 0 bridgehead atoms. The standard InChI is InChI=1S/C12H14F2N2O3/c1-16(8-6-9(13)15-10(14)7-8)11(17)4-3-5-12(18)19-2/h6-7H,3-5H2,1-2H3. The molecule has 19 heavy (non-hydrogen) atoms. The van der Waals surface area contributed by atoms with Gasteiger partial charge < -0.3 is 9.64 Å². The fourth-order valence-electron chi connectivity index (χ4n) is 1.44. The number of hydrogen-bond donors (Lipinski definition) is 0. The summed E-state index contributed by atoms with van der Waals surface area (Å²) in [6.07, 6.45) is 0.512. The van der Waals surface area contributed by atoms with Gasteiger partial charge in [0.15, 0.2) is 0 Å². The number of hydrogen-bond acceptors (Lipinski definition) is 4. The van der Waals surface area contributed by atoms with Gasteiger partial charge in [-0.15, -0.1) is 0 Å². The average molecular weight is 272 g/mol. The van der Waals surface area contributed by atoms with Gasteiger partial charge in [0.25, 0.3) is 0 Å². The number of amides is 1. The van der Waals surface area contributed by atoms with E-state index in [0.717, 1.165) is 17.0 Å². The number of carbonyl (C=O) groups is 2. The summed E-state index contributed by atoms with van der Waals surface area (Å²) >= 11 is 0. The number of nitrogens with zero attached hydrogens (tertiary/aromatic N) is 2. The molecule has 0 spiro atoms. The predicted octanol–water partition coefficient (Wildman–Crippen LogP) is 1.67. The maximum atomic E-state index is 12.9. The molecule has 0 N–H and O–H groups in total. The maximum absolute atomic E-state index is 12.9. The molecule has 1 amide bonds. The summed E-state index contributed by atoms with van der Waals surface area (Å²) in [5, 5.41) is 0. The molecule has 0 radical (unpaired) electrons. The second kappa shape index (κ2) is 6.77. The van der Waals surface area contributed by atoms with Crippen LogP contribution in [-0.2, 0) is 14.3 Å². The van der Waals surface area contributed by atoms with Crippen molar-refractivity contribution >= 4 is 17.6 Å². The van der Waals surface area contributed by atoms with E-state index in [1.54, 1.807) is 0 Å². The highest BCUT2D eigenvalue weighted by Gasteiger charge is 2.14. The van der Waals surface area contributed by atoms with Gasteiger partial charge in [0.2, 0.25) is 17.8 Å². The van der Waals surface area contributed by atoms with Crippen molar-refractivity contribution in [2.24, 2.45) is 0 Å². The van der Waals surface area contributed by atoms with E-state index in [9.17, 15) is 18.4 Å². The van der Waals surface area contributed by atoms with Crippen LogP contribution in [0.4, 0.5) is 14.5 Å². The lowest BCUT2D eigenvalue weighted by Crippen LogP contribution is -2.26. The molecule has 1 aromatic rings. The van der Waals surface area contributed by atoms with Crippen molar-refractivity contribution < 1.29 is 23.1 Å². The number of esters is 1. The van der Waals surface area contributed by atoms with Crippen molar-refractivity contribution in [1.29, 1.82) is 0 Å². The van der Waals surface area contributed by atoms with Crippen LogP contribution in [0.15, 0.2) is 12.1 Å². The Balaban J connectivity index is 2.59. The van der Waals surface area contributed by atoms with Gasteiger partial charge in [-0.2, -0.15) is 13.8 Å². The second-order valence-electron chi connectivity index (χ2n) is 3.85. The lowest BCUT2D eigenvalue weighted by molar-refractivity contribution is -0.140. The highest BCUT2D eigenvalue weighted by Crippen LogP contribution is 2.16. The molecule has 0 unspecified atom stereocenters. The number of carbonyl (C=O) groups excluding carboxylic acids is 2. The molecule has 0 saturated heterocycles. The second-order valence-corrected chi connectivity index (χ2v) is 3.85. The number of anilines is 1. The summed E-state index contributed by atoms with van der Waals surface area (Å²) < 4.78 is 30.2. The summed E-state index contributed by atoms with van der Waals surface area (Å²) in [4.78, 5) is 26.7. The number of halogens is 2. The summed E-state index contributed by atoms with van der Waals surface area (Å²) in [7, 11) is 2.66. The monoisotopic (exact) mass is 272 g/mol. The summed E-state index contributed by atoms with van der Waals surface area (Å²) in [6.45, 7) is 0. The van der Waals surface area contributed by atoms with Gasteiger partial charge in [-0.05, 0) is 6.42 Å². The summed E-state index contributed by atoms with van der Waals surface area (Å²) in [5.74, 6) is -2.75. The van der Waals surface area contributed by atoms with Gasteiger partial charge in [0.05, 0.1) is 12.8 Å². The SMILES string of the molecule is COC(=O)CCCC(=O)N(C)c1cc(F)nc(F)c1. The summed E-state index contributed by atoms with van der Waals surface area (Å²) in [5.41, 5.74) is 0.0769. The van der Waals surface area contributed by atoms with E-state index in [1.807, 2.05) is 0 Å². The third-order valence-electron chi connectivity index (χ3n) is 2.51. The molecule has 0 aliphatic rings. The minimum atomic E-state index is -0.996. The minimum Gasteiger partial charge on any atom is -0.469 e. The van der Waals surface area contributed by atoms with E-state index in [4.69, 9.17) is 0 Å². The number of aromatic nitrogens is 1. The first kappa shape index (κ1) is 15.0. The lowest BCUT2D eigenvalue weighted by Gasteiger charge is -2.17. The van der Waals surface area contributed by atoms with Crippen molar-refractivity contribution in [2.75, 3.05) is 19.1 Å². The van der Waals surface area contributed by atoms with Crippen LogP contribution in [0.1, 0.15) is 19.3 Å². The molecule has 0 aliphatic carbocycles. The molecule has 104 valence electrons. The van der Waals surface area contributed by atoms with Gasteiger partial charge in [-0.1, -0.05) is 0 Å². The van der Waals surface area contributed by atoms with Crippen molar-refractivity contribution in [3.05, 3.63) is 24.0 Å². The van der Waals surface area contributed by atoms with Crippen LogP contribution in [0.3, 0.4) is 0 Å². The fraction of sp³-hybridized carbons (Fsp3) is 0.417. The zero-order chi connectivity index (χ0) is 14.4. The van der Waals surface area contributed by atoms with Gasteiger partial charge >= 0.3 is 5.97 Å². The zero-order valence-corrected chi connectivity index (χ0v) is 10.7. The Morgan fingerprint density at radius 3 is 2.37 bits per heavy atom. The molecule has 1 aromatic heterocycles. The zero-order valence-electron chi connectivity index (χ0n) is 10.7. The van der Waals surface area contributed by atoms with Crippen LogP contribution in [0.25, 0.3) is 0 Å². The molecule has 0 atom stereocenters. The molecule has 5 nitrogen and oxygen atoms in total. The first-order chi connectivity index (χ1) is 8.93. The van der Waals surface area contributed by atoms with Gasteiger partial charge in [-0.3, -0.25) is 9.59 Å². The van der Waals surface area contributed by atoms with E-state index < -0.39 is 17.9 Å². The van der Waals surface area contributed by atoms with Gasteiger partial charge in [0.1, 0.15) is 0 Å². The highest BCUT2D eigenvalue weighted by molar-refractivity contribution is 5.92. The number of methoxy groups -OCH3 is 1. The van der Waals surface area contributed by atoms with Crippen LogP contribution in [0.2, 0.25) is 0 Å². The van der Waals surface area contributed by atoms with Crippen molar-refractivity contribution in [3.63, 3.8) is 0 Å². The Hall–Kier alpha value is -2.05. The lowest BCUT2D eigenvalue weighted by atomic mass is 10.2. The normalized spacial score (nSPS) is 10.1. The third kappa shape index (κ3) is 4.61. The topological polar surface area (TPSA) is 59.5 Å². The quantitative estimate of drug-likeness (QED) is 0.604. The molecule has 1 rings (SSSR count). The van der Waals surface area contributed by atoms with E-state index in [0.29, 0.717) is 6.42 Å². The minimum absolute atomic E-state index is 0.0769. The largest absolute Gasteiger partial charge is 0.469 e. The van der Waals surface area contributed by atoms with E-state index in [1.165, 1.54) is 14.2 Å². The van der Waals surface area contributed by atoms with Crippen LogP contribution < -0.4 is 4.90 Å². The number of ether oxygens (including phenoxy) is 1. The molecular weight excluding hydrogens is 258 g/mol. The Morgan fingerprint density at radius 1 is 1.26 bits per heavy atom. The predicted molar refractivity (Wildman–Crippen MR) is 63.4 cm³/mol. The van der Waals surface area contributed by atoms with Crippen LogP contribution in [0, 0.1) is 11.9 Å². The molecular formula is C12H14F2N2O3. The Labute approximate surface area is 109 Å². The maximum Gasteiger partial charge on any atom is 0.305 e.